The second-order valence-electron chi connectivity index (χ2n) is 21.7. The first-order valence-electron chi connectivity index (χ1n) is 23.8. The topological polar surface area (TPSA) is 156 Å². The number of carbonyl (C=O) groups is 2. The highest BCUT2D eigenvalue weighted by atomic mass is 16.8. The molecule has 0 aromatic rings. The van der Waals surface area contributed by atoms with E-state index in [1.807, 2.05) is 41.5 Å². The molecule has 6 rings (SSSR count). The molecular weight excluding hydrogens is 765 g/mol. The molecule has 5 heterocycles. The molecule has 60 heavy (non-hydrogen) atoms. The minimum atomic E-state index is -1.13. The number of nitrogens with zero attached hydrogens (tertiary/aromatic N) is 1. The van der Waals surface area contributed by atoms with Crippen LogP contribution in [0.4, 0.5) is 0 Å². The minimum absolute atomic E-state index is 0.0119. The zero-order valence-electron chi connectivity index (χ0n) is 39.3. The van der Waals surface area contributed by atoms with Crippen LogP contribution < -0.4 is 10.4 Å². The molecule has 0 radical (unpaired) electrons. The molecule has 2 unspecified atom stereocenters. The number of carboxylic acids is 1. The number of quaternary nitrogens is 1. The van der Waals surface area contributed by atoms with Crippen molar-refractivity contribution >= 4 is 11.8 Å². The molecule has 3 N–H and O–H groups in total. The second-order valence-corrected chi connectivity index (χ2v) is 21.7. The molecule has 1 saturated carbocycles. The van der Waals surface area contributed by atoms with Crippen molar-refractivity contribution < 1.29 is 53.1 Å². The Kier molecular flexibility index (Phi) is 14.0. The van der Waals surface area contributed by atoms with Crippen molar-refractivity contribution in [2.45, 2.75) is 198 Å². The summed E-state index contributed by atoms with van der Waals surface area (Å²) in [5, 5.41) is 38.9. The maximum atomic E-state index is 14.7. The van der Waals surface area contributed by atoms with Crippen molar-refractivity contribution in [3.05, 3.63) is 12.2 Å². The molecule has 5 fully saturated rings. The summed E-state index contributed by atoms with van der Waals surface area (Å²) in [4.78, 5) is 26.6. The third-order valence-corrected chi connectivity index (χ3v) is 16.6. The Morgan fingerprint density at radius 3 is 2.22 bits per heavy atom. The average Bonchev–Trinajstić information content (AvgIpc) is 3.55. The van der Waals surface area contributed by atoms with Gasteiger partial charge in [0.25, 0.3) is 0 Å². The van der Waals surface area contributed by atoms with E-state index in [1.54, 1.807) is 0 Å². The largest absolute Gasteiger partial charge is 0.550 e. The third kappa shape index (κ3) is 8.46. The minimum Gasteiger partial charge on any atom is -0.550 e. The Balaban J connectivity index is 1.22. The van der Waals surface area contributed by atoms with Crippen LogP contribution in [0.5, 0.6) is 0 Å². The monoisotopic (exact) mass is 847 g/mol. The predicted octanol–water partition coefficient (Wildman–Crippen LogP) is 5.16. The number of fused-ring (bicyclic) bond motifs is 1. The summed E-state index contributed by atoms with van der Waals surface area (Å²) < 4.78 is 35.8. The number of Topliss-reactive ketones (excluding diaryl/α,β-unsaturated/α-hetero) is 1. The van der Waals surface area contributed by atoms with Crippen LogP contribution in [0.3, 0.4) is 0 Å². The van der Waals surface area contributed by atoms with E-state index in [1.165, 1.54) is 0 Å². The Hall–Kier alpha value is -1.48. The summed E-state index contributed by atoms with van der Waals surface area (Å²) >= 11 is 0. The van der Waals surface area contributed by atoms with Gasteiger partial charge in [0.1, 0.15) is 11.3 Å². The summed E-state index contributed by atoms with van der Waals surface area (Å²) in [5.74, 6) is -5.45. The van der Waals surface area contributed by atoms with Gasteiger partial charge >= 0.3 is 0 Å². The fraction of sp³-hybridized carbons (Fsp3) is 0.917. The van der Waals surface area contributed by atoms with Crippen molar-refractivity contribution in [1.82, 2.24) is 5.32 Å². The average molecular weight is 847 g/mol. The van der Waals surface area contributed by atoms with E-state index in [9.17, 15) is 24.9 Å². The molecule has 0 aromatic heterocycles. The maximum Gasteiger partial charge on any atom is 0.200 e. The number of carbonyl (C=O) groups excluding carboxylic acids is 2. The number of hydrogen-bond donors (Lipinski definition) is 3. The van der Waals surface area contributed by atoms with E-state index in [4.69, 9.17) is 23.7 Å². The lowest BCUT2D eigenvalue weighted by Crippen LogP contribution is -2.62. The van der Waals surface area contributed by atoms with Gasteiger partial charge in [0.2, 0.25) is 0 Å². The second kappa shape index (κ2) is 17.5. The molecule has 0 aromatic carbocycles. The zero-order chi connectivity index (χ0) is 44.4. The number of carboxylic acid groups (broad SMARTS) is 1. The van der Waals surface area contributed by atoms with Gasteiger partial charge in [-0.3, -0.25) is 4.79 Å². The van der Waals surface area contributed by atoms with Crippen LogP contribution in [0.1, 0.15) is 133 Å². The predicted molar refractivity (Wildman–Crippen MR) is 227 cm³/mol. The van der Waals surface area contributed by atoms with Gasteiger partial charge in [0, 0.05) is 54.4 Å². The van der Waals surface area contributed by atoms with Crippen LogP contribution >= 0.6 is 0 Å². The molecule has 344 valence electrons. The number of ketones is 1. The van der Waals surface area contributed by atoms with Crippen LogP contribution in [0.15, 0.2) is 12.2 Å². The number of hydrogen-bond acceptors (Lipinski definition) is 11. The SMILES string of the molecule is CC[C@@H](C(=O)[C@@H](C)[C@@H](O)[C@H](C)[C@@H]1O[C@@H]([C@@H](CC)C(=O)[O-])CC[C@@H]1C)[C@H]1OC2(C=C[C@]3(NCCC[N+](C)(C)C)C4C[C@@](C)([C@H]5CC[C@](O)(CC)[C@H](C)O5)O[C@]43O2)[C@H](C)C[C@@H]1C. The van der Waals surface area contributed by atoms with Crippen LogP contribution in [0.2, 0.25) is 0 Å². The van der Waals surface area contributed by atoms with Crippen LogP contribution in [-0.4, -0.2) is 126 Å². The van der Waals surface area contributed by atoms with Gasteiger partial charge in [0.15, 0.2) is 11.6 Å². The lowest BCUT2D eigenvalue weighted by Gasteiger charge is -2.53. The van der Waals surface area contributed by atoms with Gasteiger partial charge in [0.05, 0.1) is 75.5 Å². The Bertz CT molecular complexity index is 1570. The van der Waals surface area contributed by atoms with Gasteiger partial charge in [-0.05, 0) is 89.5 Å². The van der Waals surface area contributed by atoms with E-state index in [-0.39, 0.29) is 47.8 Å². The third-order valence-electron chi connectivity index (χ3n) is 16.6. The van der Waals surface area contributed by atoms with E-state index in [2.05, 4.69) is 66.3 Å². The van der Waals surface area contributed by atoms with Crippen LogP contribution in [0.25, 0.3) is 0 Å². The molecule has 4 saturated heterocycles. The molecule has 6 aliphatic rings. The summed E-state index contributed by atoms with van der Waals surface area (Å²) in [7, 11) is 6.62. The number of aliphatic hydroxyl groups is 2. The quantitative estimate of drug-likeness (QED) is 0.101. The lowest BCUT2D eigenvalue weighted by atomic mass is 9.72. The smallest absolute Gasteiger partial charge is 0.200 e. The highest BCUT2D eigenvalue weighted by Gasteiger charge is 2.87. The molecule has 0 amide bonds. The molecule has 19 atom stereocenters. The molecule has 1 aliphatic carbocycles. The fourth-order valence-electron chi connectivity index (χ4n) is 12.4. The lowest BCUT2D eigenvalue weighted by molar-refractivity contribution is -0.870. The number of aliphatic carboxylic acids is 1. The first-order valence-corrected chi connectivity index (χ1v) is 23.8. The van der Waals surface area contributed by atoms with Crippen LogP contribution in [0, 0.1) is 47.3 Å². The van der Waals surface area contributed by atoms with Gasteiger partial charge in [-0.1, -0.05) is 61.5 Å². The first-order chi connectivity index (χ1) is 28.0. The van der Waals surface area contributed by atoms with Gasteiger partial charge in [-0.15, -0.1) is 0 Å². The molecule has 2 spiro atoms. The van der Waals surface area contributed by atoms with Crippen molar-refractivity contribution in [3.8, 4) is 0 Å². The van der Waals surface area contributed by atoms with Gasteiger partial charge in [-0.2, -0.15) is 0 Å². The number of ether oxygens (including phenoxy) is 5. The number of nitrogens with one attached hydrogen (secondary N) is 1. The Labute approximate surface area is 361 Å². The number of rotatable bonds is 17. The van der Waals surface area contributed by atoms with Gasteiger partial charge in [-0.25, -0.2) is 0 Å². The summed E-state index contributed by atoms with van der Waals surface area (Å²) in [5.41, 5.74) is -2.01. The van der Waals surface area contributed by atoms with Crippen molar-refractivity contribution in [2.75, 3.05) is 34.2 Å². The first kappa shape index (κ1) is 48.0. The summed E-state index contributed by atoms with van der Waals surface area (Å²) in [6, 6.07) is 0. The summed E-state index contributed by atoms with van der Waals surface area (Å²) in [6.07, 6.45) is 8.34. The normalized spacial score (nSPS) is 45.3. The maximum absolute atomic E-state index is 14.7. The van der Waals surface area contributed by atoms with E-state index >= 15 is 0 Å². The van der Waals surface area contributed by atoms with Crippen LogP contribution in [-0.2, 0) is 33.3 Å². The molecule has 12 heteroatoms. The Morgan fingerprint density at radius 1 is 0.933 bits per heavy atom. The summed E-state index contributed by atoms with van der Waals surface area (Å²) in [6.45, 7) is 21.9. The van der Waals surface area contributed by atoms with E-state index in [0.717, 1.165) is 43.3 Å². The Morgan fingerprint density at radius 2 is 1.62 bits per heavy atom. The number of aliphatic hydroxyl groups excluding tert-OH is 1. The molecule has 12 nitrogen and oxygen atoms in total. The molecular formula is C48H82N2O10. The van der Waals surface area contributed by atoms with Gasteiger partial charge < -0.3 is 53.6 Å². The van der Waals surface area contributed by atoms with Crippen molar-refractivity contribution in [2.24, 2.45) is 47.3 Å². The highest BCUT2D eigenvalue weighted by Crippen LogP contribution is 2.72. The molecule has 5 aliphatic heterocycles. The zero-order valence-corrected chi connectivity index (χ0v) is 39.3. The van der Waals surface area contributed by atoms with Crippen molar-refractivity contribution in [1.29, 1.82) is 0 Å². The van der Waals surface area contributed by atoms with E-state index in [0.29, 0.717) is 38.5 Å². The standard InChI is InChI=1S/C48H82N2O10/c1-14-34(43(53)54)36-19-18-28(4)41(57-36)32(8)39(51)31(7)40(52)35(15-2)42-29(5)26-30(6)47(58-42)23-22-46(49-24-17-25-50(11,12)13)37-27-44(10,59-48(37,46)60-47)38-20-21-45(55,16-3)33(9)56-38/h22-23,28-39,41-42,49,51,55H,14-21,24-27H2,1-13H3/t28-,29-,30+,31-,32-,33-,34+,35-,36+,37?,38+,39+,41+,42-,44-,45+,46-,47?,48-/m0/s1. The van der Waals surface area contributed by atoms with E-state index < -0.39 is 76.3 Å². The highest BCUT2D eigenvalue weighted by molar-refractivity contribution is 5.84. The molecule has 0 bridgehead atoms. The van der Waals surface area contributed by atoms with Crippen molar-refractivity contribution in [3.63, 3.8) is 0 Å². The fourth-order valence-corrected chi connectivity index (χ4v) is 12.4.